The van der Waals surface area contributed by atoms with Gasteiger partial charge in [0.05, 0.1) is 11.6 Å². The van der Waals surface area contributed by atoms with E-state index < -0.39 is 0 Å². The normalized spacial score (nSPS) is 13.1. The number of rotatable bonds is 7. The van der Waals surface area contributed by atoms with Gasteiger partial charge in [-0.3, -0.25) is 4.90 Å². The number of benzene rings is 1. The molecule has 3 nitrogen and oxygen atoms in total. The summed E-state index contributed by atoms with van der Waals surface area (Å²) in [4.78, 5) is 2.43. The topological polar surface area (TPSA) is 38.5 Å². The van der Waals surface area contributed by atoms with Crippen molar-refractivity contribution in [2.24, 2.45) is 11.7 Å². The molecule has 19 heavy (non-hydrogen) atoms. The zero-order valence-corrected chi connectivity index (χ0v) is 13.9. The number of nitrogens with zero attached hydrogens (tertiary/aromatic N) is 1. The van der Waals surface area contributed by atoms with Crippen LogP contribution in [0.3, 0.4) is 0 Å². The van der Waals surface area contributed by atoms with Crippen LogP contribution in [0.1, 0.15) is 32.4 Å². The van der Waals surface area contributed by atoms with Gasteiger partial charge in [0.1, 0.15) is 5.75 Å². The molecule has 0 aliphatic carbocycles. The van der Waals surface area contributed by atoms with Gasteiger partial charge in [-0.1, -0.05) is 26.8 Å². The highest BCUT2D eigenvalue weighted by molar-refractivity contribution is 9.10. The van der Waals surface area contributed by atoms with Gasteiger partial charge >= 0.3 is 0 Å². The summed E-state index contributed by atoms with van der Waals surface area (Å²) in [6, 6.07) is 6.46. The molecule has 2 N–H and O–H groups in total. The van der Waals surface area contributed by atoms with Crippen molar-refractivity contribution in [1.29, 1.82) is 0 Å². The monoisotopic (exact) mass is 328 g/mol. The number of ether oxygens (including phenoxy) is 1. The maximum Gasteiger partial charge on any atom is 0.133 e. The Morgan fingerprint density at radius 2 is 2.05 bits per heavy atom. The van der Waals surface area contributed by atoms with Crippen LogP contribution in [-0.2, 0) is 0 Å². The first-order valence-electron chi connectivity index (χ1n) is 6.81. The van der Waals surface area contributed by atoms with Crippen molar-refractivity contribution in [1.82, 2.24) is 4.90 Å². The summed E-state index contributed by atoms with van der Waals surface area (Å²) in [5.74, 6) is 1.49. The average molecular weight is 329 g/mol. The lowest BCUT2D eigenvalue weighted by Gasteiger charge is -2.31. The van der Waals surface area contributed by atoms with Crippen LogP contribution in [0.5, 0.6) is 5.75 Å². The molecular formula is C15H25BrN2O. The van der Waals surface area contributed by atoms with E-state index in [0.29, 0.717) is 12.5 Å². The van der Waals surface area contributed by atoms with Crippen LogP contribution in [0.4, 0.5) is 0 Å². The van der Waals surface area contributed by atoms with Gasteiger partial charge in [0.25, 0.3) is 0 Å². The van der Waals surface area contributed by atoms with Crippen LogP contribution in [0.2, 0.25) is 0 Å². The molecule has 0 radical (unpaired) electrons. The summed E-state index contributed by atoms with van der Waals surface area (Å²) < 4.78 is 6.25. The zero-order chi connectivity index (χ0) is 14.4. The van der Waals surface area contributed by atoms with E-state index in [2.05, 4.69) is 53.7 Å². The van der Waals surface area contributed by atoms with Gasteiger partial charge in [-0.15, -0.1) is 0 Å². The van der Waals surface area contributed by atoms with Crippen LogP contribution in [-0.4, -0.2) is 31.6 Å². The molecule has 1 unspecified atom stereocenters. The van der Waals surface area contributed by atoms with Crippen molar-refractivity contribution in [3.05, 3.63) is 28.2 Å². The van der Waals surface area contributed by atoms with Crippen molar-refractivity contribution >= 4 is 15.9 Å². The summed E-state index contributed by atoms with van der Waals surface area (Å²) in [5, 5.41) is 0. The molecule has 0 fully saturated rings. The van der Waals surface area contributed by atoms with E-state index in [4.69, 9.17) is 10.5 Å². The average Bonchev–Trinajstić information content (AvgIpc) is 2.38. The SMILES string of the molecule is CCN(CC(C)C)C(CN)c1ccc(OC)c(Br)c1. The van der Waals surface area contributed by atoms with Crippen molar-refractivity contribution < 1.29 is 4.74 Å². The van der Waals surface area contributed by atoms with Gasteiger partial charge in [-0.25, -0.2) is 0 Å². The second-order valence-electron chi connectivity index (χ2n) is 5.13. The van der Waals surface area contributed by atoms with Gasteiger partial charge in [0.2, 0.25) is 0 Å². The highest BCUT2D eigenvalue weighted by atomic mass is 79.9. The Hall–Kier alpha value is -0.580. The van der Waals surface area contributed by atoms with E-state index in [1.54, 1.807) is 7.11 Å². The molecule has 0 aliphatic rings. The van der Waals surface area contributed by atoms with Crippen LogP contribution in [0.25, 0.3) is 0 Å². The molecule has 0 saturated carbocycles. The predicted octanol–water partition coefficient (Wildman–Crippen LogP) is 3.44. The molecule has 0 bridgehead atoms. The molecule has 0 spiro atoms. The lowest BCUT2D eigenvalue weighted by atomic mass is 10.0. The van der Waals surface area contributed by atoms with E-state index in [-0.39, 0.29) is 6.04 Å². The number of methoxy groups -OCH3 is 1. The third kappa shape index (κ3) is 4.48. The molecule has 1 aromatic carbocycles. The summed E-state index contributed by atoms with van der Waals surface area (Å²) in [5.41, 5.74) is 7.22. The number of nitrogens with two attached hydrogens (primary N) is 1. The lowest BCUT2D eigenvalue weighted by Crippen LogP contribution is -2.36. The summed E-state index contributed by atoms with van der Waals surface area (Å²) in [6.45, 7) is 9.34. The Bertz CT molecular complexity index is 396. The molecule has 0 aliphatic heterocycles. The first kappa shape index (κ1) is 16.5. The number of hydrogen-bond acceptors (Lipinski definition) is 3. The van der Waals surface area contributed by atoms with E-state index in [1.807, 2.05) is 6.07 Å². The van der Waals surface area contributed by atoms with Crippen LogP contribution in [0, 0.1) is 5.92 Å². The smallest absolute Gasteiger partial charge is 0.133 e. The number of likely N-dealkylation sites (N-methyl/N-ethyl adjacent to an activating group) is 1. The fourth-order valence-electron chi connectivity index (χ4n) is 2.33. The van der Waals surface area contributed by atoms with Crippen molar-refractivity contribution in [3.8, 4) is 5.75 Å². The second kappa shape index (κ2) is 7.88. The maximum atomic E-state index is 5.99. The Kier molecular flexibility index (Phi) is 6.83. The Morgan fingerprint density at radius 1 is 1.37 bits per heavy atom. The van der Waals surface area contributed by atoms with E-state index in [9.17, 15) is 0 Å². The fourth-order valence-corrected chi connectivity index (χ4v) is 2.89. The Labute approximate surface area is 125 Å². The zero-order valence-electron chi connectivity index (χ0n) is 12.3. The van der Waals surface area contributed by atoms with Gasteiger partial charge in [-0.05, 0) is 46.1 Å². The van der Waals surface area contributed by atoms with Gasteiger partial charge in [0, 0.05) is 19.1 Å². The summed E-state index contributed by atoms with van der Waals surface area (Å²) >= 11 is 3.54. The summed E-state index contributed by atoms with van der Waals surface area (Å²) in [7, 11) is 1.68. The molecule has 0 heterocycles. The first-order chi connectivity index (χ1) is 9.03. The van der Waals surface area contributed by atoms with E-state index >= 15 is 0 Å². The van der Waals surface area contributed by atoms with Crippen LogP contribution >= 0.6 is 15.9 Å². The van der Waals surface area contributed by atoms with E-state index in [1.165, 1.54) is 5.56 Å². The Balaban J connectivity index is 2.98. The number of halogens is 1. The quantitative estimate of drug-likeness (QED) is 0.833. The molecule has 1 aromatic rings. The first-order valence-corrected chi connectivity index (χ1v) is 7.60. The third-order valence-electron chi connectivity index (χ3n) is 3.23. The largest absolute Gasteiger partial charge is 0.496 e. The molecular weight excluding hydrogens is 304 g/mol. The molecule has 0 saturated heterocycles. The van der Waals surface area contributed by atoms with Crippen molar-refractivity contribution in [3.63, 3.8) is 0 Å². The highest BCUT2D eigenvalue weighted by Crippen LogP contribution is 2.30. The second-order valence-corrected chi connectivity index (χ2v) is 5.98. The van der Waals surface area contributed by atoms with Crippen molar-refractivity contribution in [2.75, 3.05) is 26.7 Å². The lowest BCUT2D eigenvalue weighted by molar-refractivity contribution is 0.189. The predicted molar refractivity (Wildman–Crippen MR) is 84.6 cm³/mol. The molecule has 1 rings (SSSR count). The van der Waals surface area contributed by atoms with E-state index in [0.717, 1.165) is 23.3 Å². The standard InChI is InChI=1S/C15H25BrN2O/c1-5-18(10-11(2)3)14(9-17)12-6-7-15(19-4)13(16)8-12/h6-8,11,14H,5,9-10,17H2,1-4H3. The summed E-state index contributed by atoms with van der Waals surface area (Å²) in [6.07, 6.45) is 0. The minimum Gasteiger partial charge on any atom is -0.496 e. The highest BCUT2D eigenvalue weighted by Gasteiger charge is 2.19. The molecule has 0 amide bonds. The molecule has 4 heteroatoms. The minimum absolute atomic E-state index is 0.259. The fraction of sp³-hybridized carbons (Fsp3) is 0.600. The third-order valence-corrected chi connectivity index (χ3v) is 3.85. The van der Waals surface area contributed by atoms with Crippen LogP contribution < -0.4 is 10.5 Å². The van der Waals surface area contributed by atoms with Crippen LogP contribution in [0.15, 0.2) is 22.7 Å². The van der Waals surface area contributed by atoms with Gasteiger partial charge < -0.3 is 10.5 Å². The van der Waals surface area contributed by atoms with Gasteiger partial charge in [0.15, 0.2) is 0 Å². The van der Waals surface area contributed by atoms with Crippen molar-refractivity contribution in [2.45, 2.75) is 26.8 Å². The molecule has 108 valence electrons. The minimum atomic E-state index is 0.259. The Morgan fingerprint density at radius 3 is 2.47 bits per heavy atom. The maximum absolute atomic E-state index is 5.99. The van der Waals surface area contributed by atoms with Gasteiger partial charge in [-0.2, -0.15) is 0 Å². The molecule has 0 aromatic heterocycles. The molecule has 1 atom stereocenters. The number of hydrogen-bond donors (Lipinski definition) is 1.